The minimum atomic E-state index is -0.576. The lowest BCUT2D eigenvalue weighted by Gasteiger charge is -2.35. The lowest BCUT2D eigenvalue weighted by Crippen LogP contribution is -2.48. The predicted octanol–water partition coefficient (Wildman–Crippen LogP) is 2.94. The number of amides is 2. The van der Waals surface area contributed by atoms with Crippen LogP contribution in [0.15, 0.2) is 42.5 Å². The molecular formula is C26H33N3O6. The number of methoxy groups -OCH3 is 1. The molecule has 9 heteroatoms. The van der Waals surface area contributed by atoms with Crippen LogP contribution in [0.25, 0.3) is 0 Å². The second kappa shape index (κ2) is 11.9. The van der Waals surface area contributed by atoms with Crippen molar-refractivity contribution in [3.63, 3.8) is 0 Å². The van der Waals surface area contributed by atoms with Crippen LogP contribution >= 0.6 is 0 Å². The first-order chi connectivity index (χ1) is 17.0. The Morgan fingerprint density at radius 3 is 2.57 bits per heavy atom. The van der Waals surface area contributed by atoms with Crippen LogP contribution in [0.3, 0.4) is 0 Å². The fraction of sp³-hybridized carbons (Fsp3) is 0.462. The molecule has 2 aliphatic rings. The number of anilines is 2. The van der Waals surface area contributed by atoms with Crippen LogP contribution in [0, 0.1) is 0 Å². The van der Waals surface area contributed by atoms with E-state index in [0.29, 0.717) is 37.4 Å². The normalized spacial score (nSPS) is 17.9. The van der Waals surface area contributed by atoms with E-state index in [1.165, 1.54) is 0 Å². The summed E-state index contributed by atoms with van der Waals surface area (Å²) in [6, 6.07) is 12.8. The quantitative estimate of drug-likeness (QED) is 0.520. The van der Waals surface area contributed by atoms with Crippen molar-refractivity contribution in [3.05, 3.63) is 42.5 Å². The highest BCUT2D eigenvalue weighted by Crippen LogP contribution is 2.36. The molecule has 0 spiro atoms. The largest absolute Gasteiger partial charge is 0.497 e. The van der Waals surface area contributed by atoms with Gasteiger partial charge in [0.15, 0.2) is 6.10 Å². The molecule has 4 rings (SSSR count). The van der Waals surface area contributed by atoms with Crippen molar-refractivity contribution in [2.45, 2.75) is 25.9 Å². The van der Waals surface area contributed by atoms with Gasteiger partial charge in [0.05, 0.1) is 32.6 Å². The molecule has 2 aromatic carbocycles. The molecule has 35 heavy (non-hydrogen) atoms. The Kier molecular flexibility index (Phi) is 8.44. The molecule has 1 unspecified atom stereocenters. The lowest BCUT2D eigenvalue weighted by atomic mass is 10.1. The highest BCUT2D eigenvalue weighted by Gasteiger charge is 2.32. The molecule has 2 heterocycles. The van der Waals surface area contributed by atoms with E-state index in [0.717, 1.165) is 50.0 Å². The first-order valence-electron chi connectivity index (χ1n) is 12.0. The number of fused-ring (bicyclic) bond motifs is 1. The lowest BCUT2D eigenvalue weighted by molar-refractivity contribution is -0.125. The summed E-state index contributed by atoms with van der Waals surface area (Å²) in [4.78, 5) is 29.3. The average Bonchev–Trinajstić information content (AvgIpc) is 2.88. The molecule has 2 amide bonds. The number of rotatable bonds is 10. The second-order valence-corrected chi connectivity index (χ2v) is 8.56. The Morgan fingerprint density at radius 2 is 1.83 bits per heavy atom. The topological polar surface area (TPSA) is 89.6 Å². The first kappa shape index (κ1) is 24.8. The van der Waals surface area contributed by atoms with Crippen LogP contribution in [0.4, 0.5) is 11.4 Å². The summed E-state index contributed by atoms with van der Waals surface area (Å²) in [5.74, 6) is 1.94. The van der Waals surface area contributed by atoms with Gasteiger partial charge in [-0.3, -0.25) is 14.5 Å². The van der Waals surface area contributed by atoms with Crippen molar-refractivity contribution in [1.82, 2.24) is 4.90 Å². The Hall–Kier alpha value is -3.30. The van der Waals surface area contributed by atoms with Crippen LogP contribution in [-0.4, -0.2) is 75.9 Å². The van der Waals surface area contributed by atoms with E-state index in [1.807, 2.05) is 30.3 Å². The van der Waals surface area contributed by atoms with E-state index < -0.39 is 6.10 Å². The van der Waals surface area contributed by atoms with Crippen molar-refractivity contribution in [2.75, 3.05) is 63.3 Å². The summed E-state index contributed by atoms with van der Waals surface area (Å²) in [5, 5.41) is 2.91. The number of carbonyl (C=O) groups is 2. The van der Waals surface area contributed by atoms with Crippen molar-refractivity contribution in [2.24, 2.45) is 0 Å². The third-order valence-corrected chi connectivity index (χ3v) is 6.07. The van der Waals surface area contributed by atoms with E-state index in [4.69, 9.17) is 18.9 Å². The van der Waals surface area contributed by atoms with Crippen molar-refractivity contribution in [3.8, 4) is 17.2 Å². The van der Waals surface area contributed by atoms with Crippen molar-refractivity contribution in [1.29, 1.82) is 0 Å². The van der Waals surface area contributed by atoms with E-state index in [-0.39, 0.29) is 11.8 Å². The number of nitrogens with zero attached hydrogens (tertiary/aromatic N) is 2. The molecule has 2 aliphatic heterocycles. The van der Waals surface area contributed by atoms with Gasteiger partial charge in [-0.1, -0.05) is 0 Å². The molecule has 0 aromatic heterocycles. The third kappa shape index (κ3) is 6.64. The molecule has 0 bridgehead atoms. The second-order valence-electron chi connectivity index (χ2n) is 8.56. The fourth-order valence-electron chi connectivity index (χ4n) is 4.10. The van der Waals surface area contributed by atoms with Gasteiger partial charge in [-0.05, 0) is 49.7 Å². The van der Waals surface area contributed by atoms with Gasteiger partial charge in [-0.15, -0.1) is 0 Å². The number of ether oxygens (including phenoxy) is 4. The molecule has 1 saturated heterocycles. The summed E-state index contributed by atoms with van der Waals surface area (Å²) in [7, 11) is 1.62. The summed E-state index contributed by atoms with van der Waals surface area (Å²) in [5.41, 5.74) is 1.37. The molecule has 0 aliphatic carbocycles. The molecule has 0 saturated carbocycles. The van der Waals surface area contributed by atoms with Gasteiger partial charge in [-0.2, -0.15) is 0 Å². The smallest absolute Gasteiger partial charge is 0.267 e. The third-order valence-electron chi connectivity index (χ3n) is 6.07. The van der Waals surface area contributed by atoms with Crippen LogP contribution in [0.2, 0.25) is 0 Å². The fourth-order valence-corrected chi connectivity index (χ4v) is 4.10. The highest BCUT2D eigenvalue weighted by atomic mass is 16.5. The number of hydrogen-bond acceptors (Lipinski definition) is 7. The standard InChI is InChI=1S/C26H33N3O6/c1-19-26(31)29(12-11-28-13-16-33-17-14-28)23-10-5-20(18-24(23)35-19)27-25(30)4-3-15-34-22-8-6-21(32-2)7-9-22/h5-10,18-19H,3-4,11-17H2,1-2H3,(H,27,30). The first-order valence-corrected chi connectivity index (χ1v) is 12.0. The van der Waals surface area contributed by atoms with Crippen LogP contribution in [0.5, 0.6) is 17.2 Å². The maximum absolute atomic E-state index is 12.8. The summed E-state index contributed by atoms with van der Waals surface area (Å²) >= 11 is 0. The molecule has 9 nitrogen and oxygen atoms in total. The number of morpholine rings is 1. The Bertz CT molecular complexity index is 1010. The van der Waals surface area contributed by atoms with Gasteiger partial charge in [0.1, 0.15) is 17.2 Å². The van der Waals surface area contributed by atoms with Gasteiger partial charge >= 0.3 is 0 Å². The van der Waals surface area contributed by atoms with Crippen LogP contribution < -0.4 is 24.4 Å². The number of benzene rings is 2. The van der Waals surface area contributed by atoms with Crippen molar-refractivity contribution >= 4 is 23.2 Å². The number of nitrogens with one attached hydrogen (secondary N) is 1. The Balaban J connectivity index is 1.28. The number of hydrogen-bond donors (Lipinski definition) is 1. The minimum absolute atomic E-state index is 0.0561. The van der Waals surface area contributed by atoms with Gasteiger partial charge < -0.3 is 29.2 Å². The Morgan fingerprint density at radius 1 is 1.09 bits per heavy atom. The van der Waals surface area contributed by atoms with Gasteiger partial charge in [0.2, 0.25) is 5.91 Å². The zero-order chi connectivity index (χ0) is 24.6. The number of carbonyl (C=O) groups excluding carboxylic acids is 2. The maximum Gasteiger partial charge on any atom is 0.267 e. The Labute approximate surface area is 205 Å². The maximum atomic E-state index is 12.8. The molecule has 1 fully saturated rings. The molecule has 2 aromatic rings. The van der Waals surface area contributed by atoms with Crippen molar-refractivity contribution < 1.29 is 28.5 Å². The van der Waals surface area contributed by atoms with E-state index in [1.54, 1.807) is 31.1 Å². The molecule has 188 valence electrons. The monoisotopic (exact) mass is 483 g/mol. The van der Waals surface area contributed by atoms with E-state index in [2.05, 4.69) is 10.2 Å². The summed E-state index contributed by atoms with van der Waals surface area (Å²) in [6.07, 6.45) is 0.336. The summed E-state index contributed by atoms with van der Waals surface area (Å²) in [6.45, 7) is 6.74. The molecule has 0 radical (unpaired) electrons. The van der Waals surface area contributed by atoms with Gasteiger partial charge in [0.25, 0.3) is 5.91 Å². The summed E-state index contributed by atoms with van der Waals surface area (Å²) < 4.78 is 22.1. The predicted molar refractivity (Wildman–Crippen MR) is 132 cm³/mol. The molecule has 1 N–H and O–H groups in total. The van der Waals surface area contributed by atoms with Crippen LogP contribution in [0.1, 0.15) is 19.8 Å². The van der Waals surface area contributed by atoms with Crippen LogP contribution in [-0.2, 0) is 14.3 Å². The minimum Gasteiger partial charge on any atom is -0.497 e. The highest BCUT2D eigenvalue weighted by molar-refractivity contribution is 6.00. The molecule has 1 atom stereocenters. The van der Waals surface area contributed by atoms with Gasteiger partial charge in [0, 0.05) is 44.4 Å². The molecular weight excluding hydrogens is 450 g/mol. The zero-order valence-corrected chi connectivity index (χ0v) is 20.3. The SMILES string of the molecule is COc1ccc(OCCCC(=O)Nc2ccc3c(c2)OC(C)C(=O)N3CCN2CCOCC2)cc1. The average molecular weight is 484 g/mol. The van der Waals surface area contributed by atoms with E-state index in [9.17, 15) is 9.59 Å². The zero-order valence-electron chi connectivity index (χ0n) is 20.3. The van der Waals surface area contributed by atoms with Gasteiger partial charge in [-0.25, -0.2) is 0 Å². The van der Waals surface area contributed by atoms with E-state index >= 15 is 0 Å².